The Kier molecular flexibility index (Phi) is 4.65. The van der Waals surface area contributed by atoms with Gasteiger partial charge in [-0.1, -0.05) is 0 Å². The van der Waals surface area contributed by atoms with Crippen LogP contribution in [-0.2, 0) is 9.53 Å². The minimum absolute atomic E-state index is 0.0127. The minimum atomic E-state index is -0.561. The van der Waals surface area contributed by atoms with E-state index < -0.39 is 6.10 Å². The highest BCUT2D eigenvalue weighted by Crippen LogP contribution is 2.14. The number of alkyl halides is 1. The number of carbonyl (C=O) groups excluding carboxylic acids is 1. The molecule has 0 radical (unpaired) electrons. The Bertz CT molecular complexity index is 200. The normalized spacial score (nSPS) is 26.9. The van der Waals surface area contributed by atoms with Crippen LogP contribution in [0.1, 0.15) is 13.3 Å². The second-order valence-corrected chi connectivity index (χ2v) is 3.68. The summed E-state index contributed by atoms with van der Waals surface area (Å²) in [6, 6.07) is 0. The monoisotopic (exact) mass is 221 g/mol. The molecule has 0 saturated carbocycles. The predicted molar refractivity (Wildman–Crippen MR) is 53.3 cm³/mol. The van der Waals surface area contributed by atoms with Crippen LogP contribution in [0.5, 0.6) is 0 Å². The summed E-state index contributed by atoms with van der Waals surface area (Å²) in [4.78, 5) is 13.0. The molecule has 0 spiro atoms. The summed E-state index contributed by atoms with van der Waals surface area (Å²) in [6.45, 7) is 3.26. The first-order valence-corrected chi connectivity index (χ1v) is 5.36. The molecule has 4 nitrogen and oxygen atoms in total. The fraction of sp³-hybridized carbons (Fsp3) is 0.889. The largest absolute Gasteiger partial charge is 0.388 e. The topological polar surface area (TPSA) is 49.8 Å². The molecule has 0 aromatic carbocycles. The van der Waals surface area contributed by atoms with E-state index in [1.165, 1.54) is 0 Å². The third kappa shape index (κ3) is 2.83. The maximum Gasteiger partial charge on any atom is 0.223 e. The van der Waals surface area contributed by atoms with Crippen molar-refractivity contribution >= 4 is 17.5 Å². The van der Waals surface area contributed by atoms with E-state index in [0.29, 0.717) is 32.0 Å². The molecule has 2 atom stereocenters. The van der Waals surface area contributed by atoms with Crippen molar-refractivity contribution in [2.75, 3.05) is 25.6 Å². The van der Waals surface area contributed by atoms with Gasteiger partial charge in [-0.15, -0.1) is 11.6 Å². The summed E-state index contributed by atoms with van der Waals surface area (Å²) in [5.74, 6) is 0.311. The van der Waals surface area contributed by atoms with Crippen LogP contribution in [0.25, 0.3) is 0 Å². The van der Waals surface area contributed by atoms with Gasteiger partial charge < -0.3 is 14.7 Å². The molecule has 0 unspecified atom stereocenters. The molecule has 82 valence electrons. The van der Waals surface area contributed by atoms with Gasteiger partial charge in [-0.05, 0) is 6.92 Å². The first kappa shape index (κ1) is 11.8. The summed E-state index contributed by atoms with van der Waals surface area (Å²) in [5.41, 5.74) is 0. The minimum Gasteiger partial charge on any atom is -0.388 e. The van der Waals surface area contributed by atoms with Crippen molar-refractivity contribution < 1.29 is 14.6 Å². The van der Waals surface area contributed by atoms with Crippen molar-refractivity contribution in [2.24, 2.45) is 0 Å². The smallest absolute Gasteiger partial charge is 0.223 e. The van der Waals surface area contributed by atoms with Crippen LogP contribution in [0.4, 0.5) is 0 Å². The van der Waals surface area contributed by atoms with E-state index in [9.17, 15) is 9.90 Å². The van der Waals surface area contributed by atoms with Crippen LogP contribution in [0.3, 0.4) is 0 Å². The molecule has 1 heterocycles. The number of nitrogens with zero attached hydrogens (tertiary/aromatic N) is 1. The molecule has 1 fully saturated rings. The van der Waals surface area contributed by atoms with Crippen molar-refractivity contribution in [3.63, 3.8) is 0 Å². The quantitative estimate of drug-likeness (QED) is 0.692. The lowest BCUT2D eigenvalue weighted by Crippen LogP contribution is -2.30. The second kappa shape index (κ2) is 5.53. The Morgan fingerprint density at radius 3 is 2.93 bits per heavy atom. The van der Waals surface area contributed by atoms with Gasteiger partial charge in [-0.2, -0.15) is 0 Å². The molecule has 1 rings (SSSR count). The summed E-state index contributed by atoms with van der Waals surface area (Å²) < 4.78 is 5.30. The number of hydrogen-bond acceptors (Lipinski definition) is 3. The number of aliphatic hydroxyl groups excluding tert-OH is 1. The average molecular weight is 222 g/mol. The van der Waals surface area contributed by atoms with E-state index in [0.717, 1.165) is 0 Å². The first-order valence-electron chi connectivity index (χ1n) is 4.82. The molecule has 1 amide bonds. The van der Waals surface area contributed by atoms with E-state index in [1.54, 1.807) is 4.90 Å². The Morgan fingerprint density at radius 2 is 2.36 bits per heavy atom. The Hall–Kier alpha value is -0.320. The van der Waals surface area contributed by atoms with Crippen LogP contribution < -0.4 is 0 Å². The fourth-order valence-electron chi connectivity index (χ4n) is 1.58. The Morgan fingerprint density at radius 1 is 1.64 bits per heavy atom. The zero-order chi connectivity index (χ0) is 10.6. The average Bonchev–Trinajstić information content (AvgIpc) is 2.49. The number of carbonyl (C=O) groups is 1. The maximum atomic E-state index is 11.4. The molecule has 0 aromatic rings. The van der Waals surface area contributed by atoms with Crippen molar-refractivity contribution in [2.45, 2.75) is 25.6 Å². The van der Waals surface area contributed by atoms with Crippen LogP contribution >= 0.6 is 11.6 Å². The van der Waals surface area contributed by atoms with Gasteiger partial charge in [0.05, 0.1) is 6.10 Å². The molecule has 1 N–H and O–H groups in total. The van der Waals surface area contributed by atoms with Crippen LogP contribution in [0, 0.1) is 0 Å². The summed E-state index contributed by atoms with van der Waals surface area (Å²) >= 11 is 5.47. The van der Waals surface area contributed by atoms with Crippen LogP contribution in [0.2, 0.25) is 0 Å². The maximum absolute atomic E-state index is 11.4. The number of aliphatic hydroxyl groups is 1. The molecular formula is C9H16ClNO3. The highest BCUT2D eigenvalue weighted by Gasteiger charge is 2.33. The van der Waals surface area contributed by atoms with Gasteiger partial charge in [0.2, 0.25) is 5.91 Å². The van der Waals surface area contributed by atoms with Gasteiger partial charge in [0.15, 0.2) is 0 Å². The lowest BCUT2D eigenvalue weighted by atomic mass is 10.3. The molecule has 1 saturated heterocycles. The lowest BCUT2D eigenvalue weighted by molar-refractivity contribution is -0.130. The molecule has 5 heteroatoms. The zero-order valence-corrected chi connectivity index (χ0v) is 9.04. The molecular weight excluding hydrogens is 206 g/mol. The molecule has 14 heavy (non-hydrogen) atoms. The number of likely N-dealkylation sites (tertiary alicyclic amines) is 1. The summed E-state index contributed by atoms with van der Waals surface area (Å²) in [6.07, 6.45) is -0.471. The SMILES string of the molecule is CCO[C@H]1CN(C(=O)CCCl)C[C@@H]1O. The van der Waals surface area contributed by atoms with Crippen molar-refractivity contribution in [1.29, 1.82) is 0 Å². The molecule has 1 aliphatic heterocycles. The molecule has 0 bridgehead atoms. The first-order chi connectivity index (χ1) is 6.69. The number of amides is 1. The number of β-amino-alcohol motifs (C(OH)–C–C–N with tert-alkyl or cyclic N) is 1. The lowest BCUT2D eigenvalue weighted by Gasteiger charge is -2.15. The van der Waals surface area contributed by atoms with E-state index in [2.05, 4.69) is 0 Å². The summed E-state index contributed by atoms with van der Waals surface area (Å²) in [7, 11) is 0. The van der Waals surface area contributed by atoms with E-state index >= 15 is 0 Å². The van der Waals surface area contributed by atoms with E-state index in [1.807, 2.05) is 6.92 Å². The zero-order valence-electron chi connectivity index (χ0n) is 8.28. The van der Waals surface area contributed by atoms with Gasteiger partial charge in [-0.25, -0.2) is 0 Å². The van der Waals surface area contributed by atoms with Crippen LogP contribution in [-0.4, -0.2) is 53.7 Å². The predicted octanol–water partition coefficient (Wildman–Crippen LogP) is 0.223. The van der Waals surface area contributed by atoms with Gasteiger partial charge in [0, 0.05) is 32.0 Å². The molecule has 0 aromatic heterocycles. The van der Waals surface area contributed by atoms with Gasteiger partial charge in [0.25, 0.3) is 0 Å². The number of hydrogen-bond donors (Lipinski definition) is 1. The van der Waals surface area contributed by atoms with Crippen molar-refractivity contribution in [3.8, 4) is 0 Å². The van der Waals surface area contributed by atoms with Gasteiger partial charge in [-0.3, -0.25) is 4.79 Å². The van der Waals surface area contributed by atoms with Crippen molar-refractivity contribution in [1.82, 2.24) is 4.90 Å². The fourth-order valence-corrected chi connectivity index (χ4v) is 1.74. The summed E-state index contributed by atoms with van der Waals surface area (Å²) in [5, 5.41) is 9.56. The highest BCUT2D eigenvalue weighted by molar-refractivity contribution is 6.18. The molecule has 0 aliphatic carbocycles. The van der Waals surface area contributed by atoms with E-state index in [4.69, 9.17) is 16.3 Å². The Labute approximate surface area is 88.8 Å². The van der Waals surface area contributed by atoms with Gasteiger partial charge in [0.1, 0.15) is 6.10 Å². The van der Waals surface area contributed by atoms with E-state index in [-0.39, 0.29) is 12.0 Å². The number of halogens is 1. The Balaban J connectivity index is 2.41. The van der Waals surface area contributed by atoms with Crippen LogP contribution in [0.15, 0.2) is 0 Å². The van der Waals surface area contributed by atoms with Crippen molar-refractivity contribution in [3.05, 3.63) is 0 Å². The highest BCUT2D eigenvalue weighted by atomic mass is 35.5. The van der Waals surface area contributed by atoms with Gasteiger partial charge >= 0.3 is 0 Å². The third-order valence-corrected chi connectivity index (χ3v) is 2.47. The molecule has 1 aliphatic rings. The third-order valence-electron chi connectivity index (χ3n) is 2.28. The second-order valence-electron chi connectivity index (χ2n) is 3.30. The number of ether oxygens (including phenoxy) is 1. The number of rotatable bonds is 4. The standard InChI is InChI=1S/C9H16ClNO3/c1-2-14-8-6-11(5-7(8)12)9(13)3-4-10/h7-8,12H,2-6H2,1H3/t7-,8-/m0/s1.